The molecule has 0 aromatic heterocycles. The first-order valence-corrected chi connectivity index (χ1v) is 6.82. The number of hydrogen-bond donors (Lipinski definition) is 2. The van der Waals surface area contributed by atoms with Crippen molar-refractivity contribution in [3.05, 3.63) is 29.8 Å². The van der Waals surface area contributed by atoms with E-state index in [1.165, 1.54) is 4.90 Å². The molecular weight excluding hydrogens is 256 g/mol. The summed E-state index contributed by atoms with van der Waals surface area (Å²) in [7, 11) is 1.69. The number of aryl methyl sites for hydroxylation is 1. The van der Waals surface area contributed by atoms with E-state index in [9.17, 15) is 9.59 Å². The fourth-order valence-electron chi connectivity index (χ4n) is 2.64. The number of carbonyl (C=O) groups excluding carboxylic acids is 1. The van der Waals surface area contributed by atoms with Gasteiger partial charge in [-0.3, -0.25) is 9.69 Å². The average molecular weight is 276 g/mol. The van der Waals surface area contributed by atoms with Gasteiger partial charge in [0.1, 0.15) is 0 Å². The minimum Gasteiger partial charge on any atom is -0.481 e. The first-order valence-electron chi connectivity index (χ1n) is 6.82. The van der Waals surface area contributed by atoms with E-state index in [1.54, 1.807) is 7.05 Å². The van der Waals surface area contributed by atoms with Gasteiger partial charge in [0, 0.05) is 18.8 Å². The lowest BCUT2D eigenvalue weighted by Crippen LogP contribution is -2.46. The number of nitrogens with one attached hydrogen (secondary N) is 1. The number of amides is 2. The second kappa shape index (κ2) is 5.94. The van der Waals surface area contributed by atoms with Crippen molar-refractivity contribution in [2.24, 2.45) is 5.92 Å². The van der Waals surface area contributed by atoms with Gasteiger partial charge in [-0.1, -0.05) is 18.6 Å². The summed E-state index contributed by atoms with van der Waals surface area (Å²) < 4.78 is 0. The number of benzene rings is 1. The molecule has 1 aliphatic rings. The number of hydrogen-bond acceptors (Lipinski definition) is 2. The second-order valence-electron chi connectivity index (χ2n) is 5.33. The van der Waals surface area contributed by atoms with Crippen LogP contribution in [0, 0.1) is 12.8 Å². The van der Waals surface area contributed by atoms with E-state index in [0.717, 1.165) is 24.1 Å². The van der Waals surface area contributed by atoms with Gasteiger partial charge in [-0.25, -0.2) is 4.79 Å². The van der Waals surface area contributed by atoms with Crippen LogP contribution in [0.1, 0.15) is 24.8 Å². The van der Waals surface area contributed by atoms with Crippen molar-refractivity contribution >= 4 is 17.7 Å². The summed E-state index contributed by atoms with van der Waals surface area (Å²) in [6.45, 7) is 1.96. The molecule has 0 spiro atoms. The predicted molar refractivity (Wildman–Crippen MR) is 76.9 cm³/mol. The van der Waals surface area contributed by atoms with Crippen LogP contribution in [-0.4, -0.2) is 30.2 Å². The molecule has 2 atom stereocenters. The van der Waals surface area contributed by atoms with Gasteiger partial charge in [0.05, 0.1) is 5.92 Å². The van der Waals surface area contributed by atoms with Gasteiger partial charge in [-0.2, -0.15) is 0 Å². The smallest absolute Gasteiger partial charge is 0.321 e. The van der Waals surface area contributed by atoms with Crippen molar-refractivity contribution in [2.75, 3.05) is 11.9 Å². The molecule has 1 fully saturated rings. The molecule has 20 heavy (non-hydrogen) atoms. The van der Waals surface area contributed by atoms with Crippen molar-refractivity contribution in [3.8, 4) is 0 Å². The third kappa shape index (κ3) is 3.10. The number of rotatable bonds is 3. The van der Waals surface area contributed by atoms with E-state index >= 15 is 0 Å². The molecule has 0 aliphatic heterocycles. The van der Waals surface area contributed by atoms with Crippen molar-refractivity contribution in [1.29, 1.82) is 0 Å². The van der Waals surface area contributed by atoms with E-state index in [4.69, 9.17) is 5.11 Å². The molecule has 5 nitrogen and oxygen atoms in total. The molecule has 1 saturated carbocycles. The molecule has 108 valence electrons. The number of carbonyl (C=O) groups is 2. The Labute approximate surface area is 118 Å². The van der Waals surface area contributed by atoms with E-state index in [0.29, 0.717) is 6.42 Å². The Kier molecular flexibility index (Phi) is 4.27. The standard InChI is InChI=1S/C15H20N2O3/c1-10-5-3-6-11(9-10)17(2)15(20)16-13-8-4-7-12(13)14(18)19/h3,5-6,9,12-13H,4,7-8H2,1-2H3,(H,16,20)(H,18,19). The van der Waals surface area contributed by atoms with Crippen LogP contribution in [0.3, 0.4) is 0 Å². The maximum absolute atomic E-state index is 12.2. The maximum Gasteiger partial charge on any atom is 0.321 e. The molecule has 0 saturated heterocycles. The molecule has 1 aliphatic carbocycles. The molecule has 2 amide bonds. The summed E-state index contributed by atoms with van der Waals surface area (Å²) in [6.07, 6.45) is 2.20. The number of aliphatic carboxylic acids is 1. The Bertz CT molecular complexity index is 516. The largest absolute Gasteiger partial charge is 0.481 e. The number of carboxylic acids is 1. The van der Waals surface area contributed by atoms with Gasteiger partial charge < -0.3 is 10.4 Å². The summed E-state index contributed by atoms with van der Waals surface area (Å²) in [5, 5.41) is 12.0. The predicted octanol–water partition coefficient (Wildman–Crippen LogP) is 2.39. The lowest BCUT2D eigenvalue weighted by Gasteiger charge is -2.23. The third-order valence-electron chi connectivity index (χ3n) is 3.84. The highest BCUT2D eigenvalue weighted by Gasteiger charge is 2.34. The highest BCUT2D eigenvalue weighted by Crippen LogP contribution is 2.26. The summed E-state index contributed by atoms with van der Waals surface area (Å²) in [5.41, 5.74) is 1.87. The van der Waals surface area contributed by atoms with Crippen molar-refractivity contribution < 1.29 is 14.7 Å². The highest BCUT2D eigenvalue weighted by molar-refractivity contribution is 5.92. The van der Waals surface area contributed by atoms with Crippen LogP contribution in [-0.2, 0) is 4.79 Å². The first-order chi connectivity index (χ1) is 9.49. The lowest BCUT2D eigenvalue weighted by molar-refractivity contribution is -0.142. The summed E-state index contributed by atoms with van der Waals surface area (Å²) in [4.78, 5) is 24.8. The fourth-order valence-corrected chi connectivity index (χ4v) is 2.64. The third-order valence-corrected chi connectivity index (χ3v) is 3.84. The van der Waals surface area contributed by atoms with E-state index < -0.39 is 11.9 Å². The van der Waals surface area contributed by atoms with Crippen LogP contribution < -0.4 is 10.2 Å². The first kappa shape index (κ1) is 14.4. The van der Waals surface area contributed by atoms with Crippen molar-refractivity contribution in [3.63, 3.8) is 0 Å². The monoisotopic (exact) mass is 276 g/mol. The van der Waals surface area contributed by atoms with Crippen LogP contribution in [0.25, 0.3) is 0 Å². The van der Waals surface area contributed by atoms with Crippen LogP contribution in [0.15, 0.2) is 24.3 Å². The Morgan fingerprint density at radius 1 is 1.35 bits per heavy atom. The van der Waals surface area contributed by atoms with Gasteiger partial charge in [0.25, 0.3) is 0 Å². The lowest BCUT2D eigenvalue weighted by atomic mass is 10.0. The SMILES string of the molecule is Cc1cccc(N(C)C(=O)NC2CCCC2C(=O)O)c1. The Balaban J connectivity index is 2.03. The summed E-state index contributed by atoms with van der Waals surface area (Å²) in [5.74, 6) is -1.30. The van der Waals surface area contributed by atoms with Crippen LogP contribution >= 0.6 is 0 Å². The highest BCUT2D eigenvalue weighted by atomic mass is 16.4. The van der Waals surface area contributed by atoms with E-state index in [2.05, 4.69) is 5.32 Å². The zero-order valence-corrected chi connectivity index (χ0v) is 11.8. The molecule has 1 aromatic rings. The van der Waals surface area contributed by atoms with Gasteiger partial charge in [-0.15, -0.1) is 0 Å². The summed E-state index contributed by atoms with van der Waals surface area (Å²) >= 11 is 0. The molecular formula is C15H20N2O3. The Hall–Kier alpha value is -2.04. The molecule has 5 heteroatoms. The second-order valence-corrected chi connectivity index (χ2v) is 5.33. The molecule has 2 rings (SSSR count). The quantitative estimate of drug-likeness (QED) is 0.890. The van der Waals surface area contributed by atoms with Crippen LogP contribution in [0.2, 0.25) is 0 Å². The van der Waals surface area contributed by atoms with Crippen molar-refractivity contribution in [1.82, 2.24) is 5.32 Å². The molecule has 0 heterocycles. The summed E-state index contributed by atoms with van der Waals surface area (Å²) in [6, 6.07) is 7.11. The van der Waals surface area contributed by atoms with Gasteiger partial charge in [0.15, 0.2) is 0 Å². The van der Waals surface area contributed by atoms with E-state index in [1.807, 2.05) is 31.2 Å². The zero-order valence-electron chi connectivity index (χ0n) is 11.8. The average Bonchev–Trinajstić information content (AvgIpc) is 2.86. The zero-order chi connectivity index (χ0) is 14.7. The number of urea groups is 1. The topological polar surface area (TPSA) is 69.6 Å². The maximum atomic E-state index is 12.2. The molecule has 0 bridgehead atoms. The number of anilines is 1. The number of carboxylic acid groups (broad SMARTS) is 1. The van der Waals surface area contributed by atoms with Crippen LogP contribution in [0.5, 0.6) is 0 Å². The molecule has 2 unspecified atom stereocenters. The van der Waals surface area contributed by atoms with E-state index in [-0.39, 0.29) is 12.1 Å². The van der Waals surface area contributed by atoms with Gasteiger partial charge >= 0.3 is 12.0 Å². The molecule has 1 aromatic carbocycles. The van der Waals surface area contributed by atoms with Gasteiger partial charge in [-0.05, 0) is 37.5 Å². The van der Waals surface area contributed by atoms with Crippen molar-refractivity contribution in [2.45, 2.75) is 32.2 Å². The Morgan fingerprint density at radius 2 is 2.10 bits per heavy atom. The number of nitrogens with zero attached hydrogens (tertiary/aromatic N) is 1. The minimum absolute atomic E-state index is 0.256. The Morgan fingerprint density at radius 3 is 2.75 bits per heavy atom. The van der Waals surface area contributed by atoms with Crippen LogP contribution in [0.4, 0.5) is 10.5 Å². The van der Waals surface area contributed by atoms with Gasteiger partial charge in [0.2, 0.25) is 0 Å². The minimum atomic E-state index is -0.828. The molecule has 0 radical (unpaired) electrons. The molecule has 2 N–H and O–H groups in total. The fraction of sp³-hybridized carbons (Fsp3) is 0.467. The normalized spacial score (nSPS) is 21.5.